The summed E-state index contributed by atoms with van der Waals surface area (Å²) in [6, 6.07) is 10.9. The number of fused-ring (bicyclic) bond motifs is 1. The molecule has 0 bridgehead atoms. The summed E-state index contributed by atoms with van der Waals surface area (Å²) in [5, 5.41) is 2.15. The van der Waals surface area contributed by atoms with Crippen molar-refractivity contribution in [2.24, 2.45) is 0 Å². The fraction of sp³-hybridized carbons (Fsp3) is 0.188. The van der Waals surface area contributed by atoms with Gasteiger partial charge in [-0.1, -0.05) is 6.07 Å². The van der Waals surface area contributed by atoms with E-state index >= 15 is 0 Å². The lowest BCUT2D eigenvalue weighted by atomic mass is 10.1. The van der Waals surface area contributed by atoms with Crippen molar-refractivity contribution in [3.63, 3.8) is 0 Å². The van der Waals surface area contributed by atoms with Crippen LogP contribution < -0.4 is 0 Å². The van der Waals surface area contributed by atoms with Crippen molar-refractivity contribution in [1.82, 2.24) is 9.55 Å². The van der Waals surface area contributed by atoms with Gasteiger partial charge in [0.1, 0.15) is 0 Å². The van der Waals surface area contributed by atoms with Crippen LogP contribution in [0.4, 0.5) is 0 Å². The van der Waals surface area contributed by atoms with Crippen molar-refractivity contribution in [3.8, 4) is 21.7 Å². The monoisotopic (exact) mass is 266 g/mol. The predicted molar refractivity (Wildman–Crippen MR) is 79.3 cm³/mol. The van der Waals surface area contributed by atoms with Crippen LogP contribution in [0, 0.1) is 0 Å². The summed E-state index contributed by atoms with van der Waals surface area (Å²) in [6.07, 6.45) is 6.21. The number of pyridine rings is 1. The Morgan fingerprint density at radius 1 is 1.16 bits per heavy atom. The second-order valence-electron chi connectivity index (χ2n) is 4.87. The SMILES string of the molecule is c1csc(-c2c(-c3ccncc3)cc3n2CCC3)c1. The average Bonchev–Trinajstić information content (AvgIpc) is 3.15. The highest BCUT2D eigenvalue weighted by molar-refractivity contribution is 7.13. The third-order valence-corrected chi connectivity index (χ3v) is 4.62. The minimum atomic E-state index is 1.15. The molecule has 0 saturated carbocycles. The van der Waals surface area contributed by atoms with E-state index in [1.165, 1.54) is 40.2 Å². The molecule has 1 aliphatic rings. The van der Waals surface area contributed by atoms with Gasteiger partial charge in [0.05, 0.1) is 10.6 Å². The molecule has 1 aliphatic heterocycles. The molecule has 0 atom stereocenters. The summed E-state index contributed by atoms with van der Waals surface area (Å²) in [4.78, 5) is 5.48. The molecule has 0 unspecified atom stereocenters. The minimum Gasteiger partial charge on any atom is -0.343 e. The van der Waals surface area contributed by atoms with Crippen molar-refractivity contribution >= 4 is 11.3 Å². The minimum absolute atomic E-state index is 1.15. The standard InChI is InChI=1S/C16H14N2S/c1-3-13-11-14(12-5-7-17-8-6-12)16(18(13)9-1)15-4-2-10-19-15/h2,4-8,10-11H,1,3,9H2. The Kier molecular flexibility index (Phi) is 2.52. The highest BCUT2D eigenvalue weighted by Crippen LogP contribution is 2.39. The van der Waals surface area contributed by atoms with E-state index in [2.05, 4.69) is 45.3 Å². The van der Waals surface area contributed by atoms with Crippen molar-refractivity contribution in [3.05, 3.63) is 53.8 Å². The van der Waals surface area contributed by atoms with E-state index < -0.39 is 0 Å². The van der Waals surface area contributed by atoms with Gasteiger partial charge in [0.15, 0.2) is 0 Å². The number of rotatable bonds is 2. The molecule has 0 N–H and O–H groups in total. The highest BCUT2D eigenvalue weighted by atomic mass is 32.1. The molecule has 3 aromatic rings. The zero-order valence-electron chi connectivity index (χ0n) is 10.5. The first-order chi connectivity index (χ1) is 9.43. The molecule has 19 heavy (non-hydrogen) atoms. The van der Waals surface area contributed by atoms with Crippen LogP contribution in [0.25, 0.3) is 21.7 Å². The second kappa shape index (κ2) is 4.35. The van der Waals surface area contributed by atoms with E-state index in [9.17, 15) is 0 Å². The molecular formula is C16H14N2S. The van der Waals surface area contributed by atoms with Gasteiger partial charge in [-0.25, -0.2) is 0 Å². The van der Waals surface area contributed by atoms with Gasteiger partial charge in [0, 0.05) is 30.2 Å². The zero-order chi connectivity index (χ0) is 12.7. The molecule has 0 aromatic carbocycles. The Labute approximate surface area is 116 Å². The lowest BCUT2D eigenvalue weighted by Crippen LogP contribution is -1.94. The van der Waals surface area contributed by atoms with Crippen LogP contribution in [0.15, 0.2) is 48.1 Å². The predicted octanol–water partition coefficient (Wildman–Crippen LogP) is 4.22. The van der Waals surface area contributed by atoms with Crippen LogP contribution in [0.1, 0.15) is 12.1 Å². The summed E-state index contributed by atoms with van der Waals surface area (Å²) in [5.74, 6) is 0. The maximum atomic E-state index is 4.12. The Morgan fingerprint density at radius 3 is 2.84 bits per heavy atom. The number of aryl methyl sites for hydroxylation is 1. The zero-order valence-corrected chi connectivity index (χ0v) is 11.4. The van der Waals surface area contributed by atoms with Crippen LogP contribution in [0.5, 0.6) is 0 Å². The first-order valence-electron chi connectivity index (χ1n) is 6.60. The van der Waals surface area contributed by atoms with Crippen molar-refractivity contribution in [2.45, 2.75) is 19.4 Å². The first kappa shape index (κ1) is 11.0. The number of nitrogens with zero attached hydrogens (tertiary/aromatic N) is 2. The van der Waals surface area contributed by atoms with E-state index in [0.29, 0.717) is 0 Å². The van der Waals surface area contributed by atoms with E-state index in [1.807, 2.05) is 23.7 Å². The van der Waals surface area contributed by atoms with Gasteiger partial charge in [0.25, 0.3) is 0 Å². The van der Waals surface area contributed by atoms with E-state index in [0.717, 1.165) is 6.54 Å². The lowest BCUT2D eigenvalue weighted by molar-refractivity contribution is 0.758. The Bertz CT molecular complexity index is 696. The normalized spacial score (nSPS) is 13.7. The Hall–Kier alpha value is -1.87. The molecule has 0 spiro atoms. The van der Waals surface area contributed by atoms with E-state index in [4.69, 9.17) is 0 Å². The number of hydrogen-bond acceptors (Lipinski definition) is 2. The van der Waals surface area contributed by atoms with Gasteiger partial charge in [-0.3, -0.25) is 4.98 Å². The molecule has 4 heterocycles. The van der Waals surface area contributed by atoms with Gasteiger partial charge >= 0.3 is 0 Å². The van der Waals surface area contributed by atoms with Crippen LogP contribution in [0.2, 0.25) is 0 Å². The van der Waals surface area contributed by atoms with Gasteiger partial charge < -0.3 is 4.57 Å². The number of aromatic nitrogens is 2. The van der Waals surface area contributed by atoms with E-state index in [-0.39, 0.29) is 0 Å². The van der Waals surface area contributed by atoms with Crippen LogP contribution in [-0.4, -0.2) is 9.55 Å². The fourth-order valence-electron chi connectivity index (χ4n) is 2.91. The average molecular weight is 266 g/mol. The smallest absolute Gasteiger partial charge is 0.0663 e. The van der Waals surface area contributed by atoms with Crippen molar-refractivity contribution in [2.75, 3.05) is 0 Å². The van der Waals surface area contributed by atoms with Gasteiger partial charge in [-0.2, -0.15) is 0 Å². The fourth-order valence-corrected chi connectivity index (χ4v) is 3.71. The van der Waals surface area contributed by atoms with Crippen molar-refractivity contribution < 1.29 is 0 Å². The summed E-state index contributed by atoms with van der Waals surface area (Å²) < 4.78 is 2.49. The maximum Gasteiger partial charge on any atom is 0.0663 e. The lowest BCUT2D eigenvalue weighted by Gasteiger charge is -2.07. The van der Waals surface area contributed by atoms with Crippen molar-refractivity contribution in [1.29, 1.82) is 0 Å². The molecule has 0 aliphatic carbocycles. The quantitative estimate of drug-likeness (QED) is 0.679. The topological polar surface area (TPSA) is 17.8 Å². The number of hydrogen-bond donors (Lipinski definition) is 0. The highest BCUT2D eigenvalue weighted by Gasteiger charge is 2.21. The molecule has 0 amide bonds. The summed E-state index contributed by atoms with van der Waals surface area (Å²) in [7, 11) is 0. The summed E-state index contributed by atoms with van der Waals surface area (Å²) in [6.45, 7) is 1.15. The first-order valence-corrected chi connectivity index (χ1v) is 7.48. The Morgan fingerprint density at radius 2 is 2.05 bits per heavy atom. The molecule has 2 nitrogen and oxygen atoms in total. The molecule has 94 valence electrons. The van der Waals surface area contributed by atoms with Gasteiger partial charge in [-0.05, 0) is 48.1 Å². The molecule has 3 aromatic heterocycles. The molecule has 0 fully saturated rings. The third-order valence-electron chi connectivity index (χ3n) is 3.74. The number of thiophene rings is 1. The van der Waals surface area contributed by atoms with Gasteiger partial charge in [0.2, 0.25) is 0 Å². The van der Waals surface area contributed by atoms with Gasteiger partial charge in [-0.15, -0.1) is 11.3 Å². The third kappa shape index (κ3) is 1.73. The Balaban J connectivity index is 1.97. The molecule has 3 heteroatoms. The van der Waals surface area contributed by atoms with Crippen LogP contribution in [0.3, 0.4) is 0 Å². The maximum absolute atomic E-state index is 4.12. The van der Waals surface area contributed by atoms with Crippen LogP contribution >= 0.6 is 11.3 Å². The molecule has 4 rings (SSSR count). The summed E-state index contributed by atoms with van der Waals surface area (Å²) >= 11 is 1.82. The second-order valence-corrected chi connectivity index (χ2v) is 5.81. The summed E-state index contributed by atoms with van der Waals surface area (Å²) in [5.41, 5.74) is 5.46. The molecule has 0 radical (unpaired) electrons. The van der Waals surface area contributed by atoms with Crippen LogP contribution in [-0.2, 0) is 13.0 Å². The molecular weight excluding hydrogens is 252 g/mol. The largest absolute Gasteiger partial charge is 0.343 e. The molecule has 0 saturated heterocycles. The van der Waals surface area contributed by atoms with E-state index in [1.54, 1.807) is 0 Å².